The number of anilines is 2. The highest BCUT2D eigenvalue weighted by molar-refractivity contribution is 7.09. The Morgan fingerprint density at radius 1 is 1.29 bits per heavy atom. The molecule has 5 nitrogen and oxygen atoms in total. The van der Waals surface area contributed by atoms with E-state index in [1.807, 2.05) is 25.8 Å². The Labute approximate surface area is 104 Å². The molecule has 0 spiro atoms. The molecule has 0 aliphatic rings. The van der Waals surface area contributed by atoms with Crippen molar-refractivity contribution in [2.75, 3.05) is 17.7 Å². The first-order valence-corrected chi connectivity index (χ1v) is 6.16. The van der Waals surface area contributed by atoms with Gasteiger partial charge in [-0.25, -0.2) is 15.0 Å². The standard InChI is InChI=1S/C11H15N5S/c1-7-13-10(12)4-11(14-7)16(3)5-9-6-17-8(2)15-9/h4,6H,5H2,1-3H3,(H2,12,13,14). The first-order chi connectivity index (χ1) is 8.04. The summed E-state index contributed by atoms with van der Waals surface area (Å²) in [6, 6.07) is 1.77. The van der Waals surface area contributed by atoms with Crippen molar-refractivity contribution in [2.45, 2.75) is 20.4 Å². The van der Waals surface area contributed by atoms with Gasteiger partial charge in [0.2, 0.25) is 0 Å². The molecule has 0 fully saturated rings. The largest absolute Gasteiger partial charge is 0.384 e. The molecule has 0 radical (unpaired) electrons. The van der Waals surface area contributed by atoms with Crippen LogP contribution in [-0.2, 0) is 6.54 Å². The molecule has 0 aromatic carbocycles. The number of nitrogen functional groups attached to an aromatic ring is 1. The van der Waals surface area contributed by atoms with Crippen molar-refractivity contribution in [3.8, 4) is 0 Å². The van der Waals surface area contributed by atoms with Crippen LogP contribution < -0.4 is 10.6 Å². The predicted octanol–water partition coefficient (Wildman–Crippen LogP) is 1.77. The van der Waals surface area contributed by atoms with Crippen molar-refractivity contribution in [3.05, 3.63) is 28.0 Å². The molecule has 2 heterocycles. The van der Waals surface area contributed by atoms with Crippen LogP contribution in [0.15, 0.2) is 11.4 Å². The number of nitrogens with two attached hydrogens (primary N) is 1. The Balaban J connectivity index is 2.16. The topological polar surface area (TPSA) is 67.9 Å². The molecule has 0 saturated heterocycles. The van der Waals surface area contributed by atoms with Crippen molar-refractivity contribution in [3.63, 3.8) is 0 Å². The highest BCUT2D eigenvalue weighted by Gasteiger charge is 2.07. The fraction of sp³-hybridized carbons (Fsp3) is 0.364. The molecule has 2 rings (SSSR count). The molecule has 6 heteroatoms. The zero-order chi connectivity index (χ0) is 12.4. The van der Waals surface area contributed by atoms with Crippen LogP contribution in [0.2, 0.25) is 0 Å². The summed E-state index contributed by atoms with van der Waals surface area (Å²) < 4.78 is 0. The van der Waals surface area contributed by atoms with Crippen LogP contribution in [0.5, 0.6) is 0 Å². The van der Waals surface area contributed by atoms with E-state index in [9.17, 15) is 0 Å². The van der Waals surface area contributed by atoms with Crippen molar-refractivity contribution >= 4 is 23.0 Å². The Bertz CT molecular complexity index is 502. The number of hydrogen-bond acceptors (Lipinski definition) is 6. The van der Waals surface area contributed by atoms with Gasteiger partial charge in [-0.2, -0.15) is 0 Å². The molecular formula is C11H15N5S. The number of thiazole rings is 1. The second kappa shape index (κ2) is 4.67. The van der Waals surface area contributed by atoms with E-state index in [4.69, 9.17) is 5.73 Å². The molecular weight excluding hydrogens is 234 g/mol. The summed E-state index contributed by atoms with van der Waals surface area (Å²) in [4.78, 5) is 14.8. The van der Waals surface area contributed by atoms with Crippen molar-refractivity contribution in [2.24, 2.45) is 0 Å². The Morgan fingerprint density at radius 3 is 2.65 bits per heavy atom. The molecule has 2 aromatic heterocycles. The maximum atomic E-state index is 5.70. The first kappa shape index (κ1) is 11.8. The summed E-state index contributed by atoms with van der Waals surface area (Å²) in [5.41, 5.74) is 6.75. The van der Waals surface area contributed by atoms with Gasteiger partial charge < -0.3 is 10.6 Å². The van der Waals surface area contributed by atoms with Gasteiger partial charge in [0, 0.05) is 18.5 Å². The monoisotopic (exact) mass is 249 g/mol. The summed E-state index contributed by atoms with van der Waals surface area (Å²) in [7, 11) is 1.97. The lowest BCUT2D eigenvalue weighted by Crippen LogP contribution is -2.19. The summed E-state index contributed by atoms with van der Waals surface area (Å²) in [6.07, 6.45) is 0. The van der Waals surface area contributed by atoms with Gasteiger partial charge in [0.25, 0.3) is 0 Å². The number of aromatic nitrogens is 3. The van der Waals surface area contributed by atoms with Crippen LogP contribution in [0.3, 0.4) is 0 Å². The molecule has 2 N–H and O–H groups in total. The van der Waals surface area contributed by atoms with Crippen LogP contribution in [0, 0.1) is 13.8 Å². The Morgan fingerprint density at radius 2 is 2.06 bits per heavy atom. The maximum Gasteiger partial charge on any atom is 0.134 e. The van der Waals surface area contributed by atoms with E-state index < -0.39 is 0 Å². The lowest BCUT2D eigenvalue weighted by atomic mass is 10.4. The maximum absolute atomic E-state index is 5.70. The van der Waals surface area contributed by atoms with Crippen LogP contribution in [0.4, 0.5) is 11.6 Å². The number of hydrogen-bond donors (Lipinski definition) is 1. The zero-order valence-electron chi connectivity index (χ0n) is 10.1. The molecule has 0 aliphatic carbocycles. The number of nitrogens with zero attached hydrogens (tertiary/aromatic N) is 4. The van der Waals surface area contributed by atoms with Gasteiger partial charge in [0.15, 0.2) is 0 Å². The molecule has 0 saturated carbocycles. The summed E-state index contributed by atoms with van der Waals surface area (Å²) in [6.45, 7) is 4.56. The van der Waals surface area contributed by atoms with Gasteiger partial charge in [-0.05, 0) is 13.8 Å². The van der Waals surface area contributed by atoms with E-state index in [1.165, 1.54) is 0 Å². The van der Waals surface area contributed by atoms with E-state index in [0.717, 1.165) is 23.1 Å². The van der Waals surface area contributed by atoms with Gasteiger partial charge in [0.05, 0.1) is 17.2 Å². The first-order valence-electron chi connectivity index (χ1n) is 5.28. The van der Waals surface area contributed by atoms with E-state index in [1.54, 1.807) is 17.4 Å². The summed E-state index contributed by atoms with van der Waals surface area (Å²) in [5.74, 6) is 2.00. The minimum absolute atomic E-state index is 0.494. The Kier molecular flexibility index (Phi) is 3.23. The van der Waals surface area contributed by atoms with Gasteiger partial charge >= 0.3 is 0 Å². The molecule has 0 bridgehead atoms. The second-order valence-corrected chi connectivity index (χ2v) is 4.97. The normalized spacial score (nSPS) is 10.5. The molecule has 0 atom stereocenters. The van der Waals surface area contributed by atoms with Crippen LogP contribution in [0.1, 0.15) is 16.5 Å². The zero-order valence-corrected chi connectivity index (χ0v) is 11.0. The molecule has 0 amide bonds. The summed E-state index contributed by atoms with van der Waals surface area (Å²) in [5, 5.41) is 3.13. The minimum atomic E-state index is 0.494. The third kappa shape index (κ3) is 2.91. The smallest absolute Gasteiger partial charge is 0.134 e. The van der Waals surface area contributed by atoms with Crippen molar-refractivity contribution in [1.82, 2.24) is 15.0 Å². The quantitative estimate of drug-likeness (QED) is 0.898. The van der Waals surface area contributed by atoms with Crippen molar-refractivity contribution in [1.29, 1.82) is 0 Å². The highest BCUT2D eigenvalue weighted by Crippen LogP contribution is 2.16. The third-order valence-corrected chi connectivity index (χ3v) is 3.12. The van der Waals surface area contributed by atoms with Crippen molar-refractivity contribution < 1.29 is 0 Å². The van der Waals surface area contributed by atoms with E-state index in [0.29, 0.717) is 11.6 Å². The molecule has 0 unspecified atom stereocenters. The van der Waals surface area contributed by atoms with Gasteiger partial charge in [-0.15, -0.1) is 11.3 Å². The van der Waals surface area contributed by atoms with E-state index in [-0.39, 0.29) is 0 Å². The van der Waals surface area contributed by atoms with Crippen LogP contribution in [0.25, 0.3) is 0 Å². The second-order valence-electron chi connectivity index (χ2n) is 3.91. The van der Waals surface area contributed by atoms with Crippen LogP contribution in [-0.4, -0.2) is 22.0 Å². The predicted molar refractivity (Wildman–Crippen MR) is 70.1 cm³/mol. The number of rotatable bonds is 3. The minimum Gasteiger partial charge on any atom is -0.384 e. The lowest BCUT2D eigenvalue weighted by Gasteiger charge is -2.17. The third-order valence-electron chi connectivity index (χ3n) is 2.30. The average molecular weight is 249 g/mol. The van der Waals surface area contributed by atoms with Gasteiger partial charge in [-0.1, -0.05) is 0 Å². The molecule has 2 aromatic rings. The average Bonchev–Trinajstić information content (AvgIpc) is 2.62. The fourth-order valence-corrected chi connectivity index (χ4v) is 2.18. The van der Waals surface area contributed by atoms with E-state index in [2.05, 4.69) is 20.3 Å². The lowest BCUT2D eigenvalue weighted by molar-refractivity contribution is 0.858. The van der Waals surface area contributed by atoms with Gasteiger partial charge in [0.1, 0.15) is 17.5 Å². The fourth-order valence-electron chi connectivity index (χ4n) is 1.57. The SMILES string of the molecule is Cc1nc(N)cc(N(C)Cc2csc(C)n2)n1. The van der Waals surface area contributed by atoms with E-state index >= 15 is 0 Å². The molecule has 90 valence electrons. The van der Waals surface area contributed by atoms with Gasteiger partial charge in [-0.3, -0.25) is 0 Å². The van der Waals surface area contributed by atoms with Crippen LogP contribution >= 0.6 is 11.3 Å². The highest BCUT2D eigenvalue weighted by atomic mass is 32.1. The Hall–Kier alpha value is -1.69. The molecule has 0 aliphatic heterocycles. The molecule has 17 heavy (non-hydrogen) atoms. The summed E-state index contributed by atoms with van der Waals surface area (Å²) >= 11 is 1.65. The number of aryl methyl sites for hydroxylation is 2.